The molecule has 1 N–H and O–H groups in total. The lowest BCUT2D eigenvalue weighted by molar-refractivity contribution is -0.164. The number of ether oxygens (including phenoxy) is 2. The Morgan fingerprint density at radius 3 is 2.45 bits per heavy atom. The van der Waals surface area contributed by atoms with Crippen molar-refractivity contribution in [2.75, 3.05) is 19.8 Å². The maximum absolute atomic E-state index is 11.3. The minimum Gasteiger partial charge on any atom is -0.425 e. The summed E-state index contributed by atoms with van der Waals surface area (Å²) in [6.45, 7) is 3.91. The molecule has 0 rings (SSSR count). The van der Waals surface area contributed by atoms with Crippen molar-refractivity contribution in [3.63, 3.8) is 0 Å². The highest BCUT2D eigenvalue weighted by Crippen LogP contribution is 2.13. The van der Waals surface area contributed by atoms with Gasteiger partial charge in [0.1, 0.15) is 6.61 Å². The van der Waals surface area contributed by atoms with E-state index < -0.39 is 32.2 Å². The summed E-state index contributed by atoms with van der Waals surface area (Å²) in [5.74, 6) is -0.914. The molecule has 2 atom stereocenters. The molecule has 0 aliphatic carbocycles. The number of carbonyl (C=O) groups excluding carboxylic acids is 3. The number of hydrogen-bond acceptors (Lipinski definition) is 7. The van der Waals surface area contributed by atoms with Crippen molar-refractivity contribution < 1.29 is 32.9 Å². The zero-order chi connectivity index (χ0) is 15.5. The van der Waals surface area contributed by atoms with E-state index in [0.717, 1.165) is 0 Å². The normalized spacial score (nSPS) is 13.2. The van der Waals surface area contributed by atoms with Crippen molar-refractivity contribution >= 4 is 25.9 Å². The van der Waals surface area contributed by atoms with Crippen molar-refractivity contribution in [1.82, 2.24) is 5.32 Å². The highest BCUT2D eigenvalue weighted by molar-refractivity contribution is 7.38. The quantitative estimate of drug-likeness (QED) is 0.386. The van der Waals surface area contributed by atoms with E-state index in [1.54, 1.807) is 0 Å². The molecule has 0 heterocycles. The molecule has 0 aliphatic heterocycles. The van der Waals surface area contributed by atoms with Crippen LogP contribution in [0, 0.1) is 0 Å². The molecule has 2 unspecified atom stereocenters. The van der Waals surface area contributed by atoms with Gasteiger partial charge in [-0.2, -0.15) is 0 Å². The molecule has 0 saturated heterocycles. The largest absolute Gasteiger partial charge is 0.425 e. The smallest absolute Gasteiger partial charge is 0.410 e. The van der Waals surface area contributed by atoms with Crippen LogP contribution in [0.2, 0.25) is 0 Å². The van der Waals surface area contributed by atoms with E-state index in [-0.39, 0.29) is 19.6 Å². The molecule has 116 valence electrons. The summed E-state index contributed by atoms with van der Waals surface area (Å²) in [5, 5.41) is 2.17. The monoisotopic (exact) mass is 309 g/mol. The Labute approximate surface area is 118 Å². The van der Waals surface area contributed by atoms with Gasteiger partial charge in [0.25, 0.3) is 0 Å². The van der Waals surface area contributed by atoms with Gasteiger partial charge in [0.2, 0.25) is 6.29 Å². The summed E-state index contributed by atoms with van der Waals surface area (Å²) < 4.78 is 24.7. The first-order valence-electron chi connectivity index (χ1n) is 6.14. The second kappa shape index (κ2) is 10.4. The van der Waals surface area contributed by atoms with Crippen LogP contribution in [0.5, 0.6) is 0 Å². The number of rotatable bonds is 9. The standard InChI is InChI=1S/C11H20NO7P/c1-4-5-10(14)18-8(2)19-11(15)12-6-9(13)7-17-20(3)16/h8,20H,4-7H2,1-3H3,(H,12,15). The van der Waals surface area contributed by atoms with E-state index in [0.29, 0.717) is 6.42 Å². The molecule has 0 radical (unpaired) electrons. The van der Waals surface area contributed by atoms with E-state index in [1.807, 2.05) is 6.92 Å². The molecule has 0 saturated carbocycles. The van der Waals surface area contributed by atoms with Crippen LogP contribution in [-0.2, 0) is 28.2 Å². The Balaban J connectivity index is 3.84. The molecule has 0 spiro atoms. The lowest BCUT2D eigenvalue weighted by Crippen LogP contribution is -2.34. The van der Waals surface area contributed by atoms with Crippen molar-refractivity contribution in [1.29, 1.82) is 0 Å². The fourth-order valence-corrected chi connectivity index (χ4v) is 1.43. The highest BCUT2D eigenvalue weighted by atomic mass is 31.1. The number of carbonyl (C=O) groups is 3. The molecular formula is C11H20NO7P. The van der Waals surface area contributed by atoms with E-state index in [1.165, 1.54) is 13.6 Å². The molecule has 9 heteroatoms. The minimum absolute atomic E-state index is 0.237. The van der Waals surface area contributed by atoms with Gasteiger partial charge in [0.05, 0.1) is 6.54 Å². The first-order chi connectivity index (χ1) is 9.35. The molecule has 0 aromatic rings. The average Bonchev–Trinajstić information content (AvgIpc) is 2.33. The molecule has 1 amide bonds. The first-order valence-corrected chi connectivity index (χ1v) is 7.95. The summed E-state index contributed by atoms with van der Waals surface area (Å²) in [5.41, 5.74) is 0. The molecule has 20 heavy (non-hydrogen) atoms. The van der Waals surface area contributed by atoms with Crippen LogP contribution in [-0.4, -0.2) is 44.0 Å². The Morgan fingerprint density at radius 1 is 1.25 bits per heavy atom. The molecule has 0 aliphatic rings. The number of esters is 1. The number of nitrogens with one attached hydrogen (secondary N) is 1. The molecule has 0 aromatic carbocycles. The summed E-state index contributed by atoms with van der Waals surface area (Å²) in [6, 6.07) is 0. The number of ketones is 1. The second-order valence-electron chi connectivity index (χ2n) is 3.89. The number of Topliss-reactive ketones (excluding diaryl/α,β-unsaturated/α-hetero) is 1. The summed E-state index contributed by atoms with van der Waals surface area (Å²) in [7, 11) is -2.18. The van der Waals surface area contributed by atoms with Crippen LogP contribution in [0.1, 0.15) is 26.7 Å². The topological polar surface area (TPSA) is 108 Å². The predicted octanol–water partition coefficient (Wildman–Crippen LogP) is 1.09. The summed E-state index contributed by atoms with van der Waals surface area (Å²) in [4.78, 5) is 33.6. The third-order valence-corrected chi connectivity index (χ3v) is 2.44. The third-order valence-electron chi connectivity index (χ3n) is 1.89. The Kier molecular flexibility index (Phi) is 9.67. The fourth-order valence-electron chi connectivity index (χ4n) is 1.07. The van der Waals surface area contributed by atoms with Crippen molar-refractivity contribution in [2.45, 2.75) is 33.0 Å². The zero-order valence-corrected chi connectivity index (χ0v) is 12.8. The van der Waals surface area contributed by atoms with Gasteiger partial charge in [0, 0.05) is 20.0 Å². The molecular weight excluding hydrogens is 289 g/mol. The molecule has 0 aromatic heterocycles. The highest BCUT2D eigenvalue weighted by Gasteiger charge is 2.14. The Bertz CT molecular complexity index is 372. The Hall–Kier alpha value is -1.40. The second-order valence-corrected chi connectivity index (χ2v) is 5.16. The van der Waals surface area contributed by atoms with Crippen LogP contribution in [0.4, 0.5) is 4.79 Å². The van der Waals surface area contributed by atoms with Gasteiger partial charge in [-0.1, -0.05) is 6.92 Å². The number of amides is 1. The van der Waals surface area contributed by atoms with Gasteiger partial charge in [-0.3, -0.25) is 14.2 Å². The summed E-state index contributed by atoms with van der Waals surface area (Å²) in [6.07, 6.45) is -1.06. The first kappa shape index (κ1) is 18.6. The number of hydrogen-bond donors (Lipinski definition) is 1. The van der Waals surface area contributed by atoms with Crippen LogP contribution in [0.3, 0.4) is 0 Å². The van der Waals surface area contributed by atoms with E-state index in [2.05, 4.69) is 9.84 Å². The van der Waals surface area contributed by atoms with E-state index in [9.17, 15) is 18.9 Å². The zero-order valence-electron chi connectivity index (χ0n) is 11.8. The van der Waals surface area contributed by atoms with Crippen molar-refractivity contribution in [3.8, 4) is 0 Å². The minimum atomic E-state index is -2.18. The van der Waals surface area contributed by atoms with E-state index >= 15 is 0 Å². The van der Waals surface area contributed by atoms with Gasteiger partial charge in [-0.15, -0.1) is 0 Å². The van der Waals surface area contributed by atoms with Crippen molar-refractivity contribution in [3.05, 3.63) is 0 Å². The predicted molar refractivity (Wildman–Crippen MR) is 70.8 cm³/mol. The average molecular weight is 309 g/mol. The maximum Gasteiger partial charge on any atom is 0.410 e. The van der Waals surface area contributed by atoms with Crippen molar-refractivity contribution in [2.24, 2.45) is 0 Å². The molecule has 0 bridgehead atoms. The maximum atomic E-state index is 11.3. The Morgan fingerprint density at radius 2 is 1.90 bits per heavy atom. The number of alkyl carbamates (subject to hydrolysis) is 1. The van der Waals surface area contributed by atoms with Crippen LogP contribution < -0.4 is 5.32 Å². The SMILES string of the molecule is CCCC(=O)OC(C)OC(=O)NCC(=O)CO[PH](C)=O. The fraction of sp³-hybridized carbons (Fsp3) is 0.727. The van der Waals surface area contributed by atoms with Gasteiger partial charge in [-0.25, -0.2) is 4.79 Å². The van der Waals surface area contributed by atoms with Gasteiger partial charge in [0.15, 0.2) is 13.8 Å². The molecule has 0 fully saturated rings. The van der Waals surface area contributed by atoms with Gasteiger partial charge in [-0.05, 0) is 6.42 Å². The van der Waals surface area contributed by atoms with Crippen LogP contribution >= 0.6 is 8.03 Å². The van der Waals surface area contributed by atoms with Gasteiger partial charge < -0.3 is 19.3 Å². The van der Waals surface area contributed by atoms with Crippen LogP contribution in [0.15, 0.2) is 0 Å². The summed E-state index contributed by atoms with van der Waals surface area (Å²) >= 11 is 0. The third kappa shape index (κ3) is 10.5. The van der Waals surface area contributed by atoms with E-state index in [4.69, 9.17) is 9.47 Å². The lowest BCUT2D eigenvalue weighted by Gasteiger charge is -2.14. The lowest BCUT2D eigenvalue weighted by atomic mass is 10.3. The van der Waals surface area contributed by atoms with Crippen LogP contribution in [0.25, 0.3) is 0 Å². The van der Waals surface area contributed by atoms with Gasteiger partial charge >= 0.3 is 12.1 Å². The molecule has 8 nitrogen and oxygen atoms in total.